The summed E-state index contributed by atoms with van der Waals surface area (Å²) in [5.41, 5.74) is 3.83. The molecule has 5 rings (SSSR count). The number of aromatic hydroxyl groups is 1. The third-order valence-corrected chi connectivity index (χ3v) is 7.96. The lowest BCUT2D eigenvalue weighted by Crippen LogP contribution is -2.18. The second-order valence-electron chi connectivity index (χ2n) is 11.4. The lowest BCUT2D eigenvalue weighted by Gasteiger charge is -2.17. The SMILES string of the molecule is COc1ccc(C(=O)Cn2c(C)cc(=O)cc2C)cc1O.COc1ccc(C(=O)Cn2c(C)cc(=O)cc2C)cc1OC1CC=CC1. The number of hydrogen-bond donors (Lipinski definition) is 1. The molecule has 0 fully saturated rings. The van der Waals surface area contributed by atoms with Crippen LogP contribution in [0.2, 0.25) is 0 Å². The molecule has 2 heterocycles. The molecule has 0 unspecified atom stereocenters. The number of carbonyl (C=O) groups excluding carboxylic acids is 2. The molecule has 0 amide bonds. The van der Waals surface area contributed by atoms with E-state index in [-0.39, 0.29) is 47.4 Å². The van der Waals surface area contributed by atoms with Crippen LogP contribution in [-0.4, -0.2) is 46.1 Å². The molecule has 2 aromatic heterocycles. The van der Waals surface area contributed by atoms with Crippen molar-refractivity contribution in [2.45, 2.75) is 59.7 Å². The van der Waals surface area contributed by atoms with Crippen molar-refractivity contribution in [3.63, 3.8) is 0 Å². The highest BCUT2D eigenvalue weighted by molar-refractivity contribution is 5.97. The molecule has 0 spiro atoms. The molecule has 1 aliphatic rings. The molecule has 0 aliphatic heterocycles. The minimum Gasteiger partial charge on any atom is -0.504 e. The van der Waals surface area contributed by atoms with Crippen molar-refractivity contribution in [2.24, 2.45) is 0 Å². The number of methoxy groups -OCH3 is 2. The van der Waals surface area contributed by atoms with Crippen molar-refractivity contribution < 1.29 is 28.9 Å². The van der Waals surface area contributed by atoms with Gasteiger partial charge >= 0.3 is 0 Å². The van der Waals surface area contributed by atoms with E-state index in [0.717, 1.165) is 35.6 Å². The van der Waals surface area contributed by atoms with E-state index < -0.39 is 0 Å². The maximum atomic E-state index is 12.8. The van der Waals surface area contributed by atoms with Gasteiger partial charge in [0.1, 0.15) is 6.10 Å². The smallest absolute Gasteiger partial charge is 0.182 e. The van der Waals surface area contributed by atoms with Crippen LogP contribution in [0.5, 0.6) is 23.0 Å². The van der Waals surface area contributed by atoms with Gasteiger partial charge in [0.15, 0.2) is 45.4 Å². The van der Waals surface area contributed by atoms with Crippen LogP contribution in [0.3, 0.4) is 0 Å². The summed E-state index contributed by atoms with van der Waals surface area (Å²) in [5.74, 6) is 1.25. The van der Waals surface area contributed by atoms with E-state index >= 15 is 0 Å². The van der Waals surface area contributed by atoms with Crippen molar-refractivity contribution in [2.75, 3.05) is 14.2 Å². The second-order valence-corrected chi connectivity index (χ2v) is 11.4. The summed E-state index contributed by atoms with van der Waals surface area (Å²) in [4.78, 5) is 48.0. The van der Waals surface area contributed by atoms with E-state index in [9.17, 15) is 24.3 Å². The van der Waals surface area contributed by atoms with Gasteiger partial charge in [0.2, 0.25) is 0 Å². The van der Waals surface area contributed by atoms with E-state index in [4.69, 9.17) is 14.2 Å². The standard InChI is InChI=1S/C21H23NO4.C16H17NO4/c1-14-10-17(23)11-15(2)22(14)13-19(24)16-8-9-20(25-3)21(12-16)26-18-6-4-5-7-18;1-10-6-13(18)7-11(2)17(10)9-15(20)12-4-5-16(21-3)14(19)8-12/h4-5,8-12,18H,6-7,13H2,1-3H3;4-8,19H,9H2,1-3H3. The van der Waals surface area contributed by atoms with E-state index in [1.165, 1.54) is 37.4 Å². The number of ether oxygens (including phenoxy) is 3. The molecule has 1 N–H and O–H groups in total. The Morgan fingerprint density at radius 3 is 1.51 bits per heavy atom. The molecule has 4 aromatic rings. The zero-order valence-electron chi connectivity index (χ0n) is 27.5. The number of pyridine rings is 2. The van der Waals surface area contributed by atoms with Gasteiger partial charge in [-0.05, 0) is 64.1 Å². The fourth-order valence-corrected chi connectivity index (χ4v) is 5.42. The van der Waals surface area contributed by atoms with Crippen LogP contribution in [-0.2, 0) is 13.1 Å². The minimum atomic E-state index is -0.150. The summed E-state index contributed by atoms with van der Waals surface area (Å²) in [7, 11) is 3.03. The zero-order chi connectivity index (χ0) is 34.2. The number of rotatable bonds is 10. The average Bonchev–Trinajstić information content (AvgIpc) is 3.54. The number of hydrogen-bond acceptors (Lipinski definition) is 8. The van der Waals surface area contributed by atoms with Gasteiger partial charge < -0.3 is 28.5 Å². The quantitative estimate of drug-likeness (QED) is 0.178. The number of carbonyl (C=O) groups is 2. The third-order valence-electron chi connectivity index (χ3n) is 7.96. The molecule has 0 radical (unpaired) electrons. The number of aryl methyl sites for hydroxylation is 4. The zero-order valence-corrected chi connectivity index (χ0v) is 27.5. The molecule has 0 saturated carbocycles. The first-order chi connectivity index (χ1) is 22.4. The number of nitrogens with zero attached hydrogens (tertiary/aromatic N) is 2. The van der Waals surface area contributed by atoms with Crippen molar-refractivity contribution in [3.8, 4) is 23.0 Å². The first-order valence-electron chi connectivity index (χ1n) is 15.2. The maximum absolute atomic E-state index is 12.8. The van der Waals surface area contributed by atoms with Crippen LogP contribution in [0.25, 0.3) is 0 Å². The van der Waals surface area contributed by atoms with Crippen molar-refractivity contribution in [1.82, 2.24) is 9.13 Å². The lowest BCUT2D eigenvalue weighted by molar-refractivity contribution is 0.0962. The van der Waals surface area contributed by atoms with E-state index in [1.54, 1.807) is 55.9 Å². The Labute approximate surface area is 273 Å². The Balaban J connectivity index is 0.000000218. The maximum Gasteiger partial charge on any atom is 0.182 e. The van der Waals surface area contributed by atoms with Crippen LogP contribution in [0.1, 0.15) is 56.3 Å². The highest BCUT2D eigenvalue weighted by Gasteiger charge is 2.18. The van der Waals surface area contributed by atoms with E-state index in [2.05, 4.69) is 12.2 Å². The largest absolute Gasteiger partial charge is 0.504 e. The van der Waals surface area contributed by atoms with Gasteiger partial charge in [0.25, 0.3) is 0 Å². The van der Waals surface area contributed by atoms with Crippen LogP contribution in [0.4, 0.5) is 0 Å². The van der Waals surface area contributed by atoms with Gasteiger partial charge in [0.05, 0.1) is 27.3 Å². The Bertz CT molecular complexity index is 1880. The Morgan fingerprint density at radius 1 is 0.660 bits per heavy atom. The Hall–Kier alpha value is -5.38. The number of benzene rings is 2. The summed E-state index contributed by atoms with van der Waals surface area (Å²) < 4.78 is 19.9. The van der Waals surface area contributed by atoms with Crippen LogP contribution >= 0.6 is 0 Å². The summed E-state index contributed by atoms with van der Waals surface area (Å²) >= 11 is 0. The topological polar surface area (TPSA) is 126 Å². The minimum absolute atomic E-state index is 0.0445. The molecule has 10 heteroatoms. The fraction of sp³-hybridized carbons (Fsp3) is 0.297. The van der Waals surface area contributed by atoms with Gasteiger partial charge in [0, 0.05) is 71.0 Å². The second kappa shape index (κ2) is 15.3. The number of phenols is 1. The van der Waals surface area contributed by atoms with Crippen LogP contribution < -0.4 is 25.1 Å². The molecular weight excluding hydrogens is 600 g/mol. The summed E-state index contributed by atoms with van der Waals surface area (Å²) in [6.07, 6.45) is 5.98. The highest BCUT2D eigenvalue weighted by atomic mass is 16.5. The van der Waals surface area contributed by atoms with Gasteiger partial charge in [-0.3, -0.25) is 19.2 Å². The molecule has 0 saturated heterocycles. The molecule has 246 valence electrons. The van der Waals surface area contributed by atoms with Gasteiger partial charge in [-0.2, -0.15) is 0 Å². The molecule has 1 aliphatic carbocycles. The van der Waals surface area contributed by atoms with Gasteiger partial charge in [-0.15, -0.1) is 0 Å². The number of aromatic nitrogens is 2. The Morgan fingerprint density at radius 2 is 1.09 bits per heavy atom. The van der Waals surface area contributed by atoms with Crippen LogP contribution in [0.15, 0.2) is 82.4 Å². The lowest BCUT2D eigenvalue weighted by atomic mass is 10.1. The summed E-state index contributed by atoms with van der Waals surface area (Å²) in [5, 5.41) is 9.73. The Kier molecular flexibility index (Phi) is 11.2. The normalized spacial score (nSPS) is 12.3. The van der Waals surface area contributed by atoms with Crippen molar-refractivity contribution in [1.29, 1.82) is 0 Å². The predicted octanol–water partition coefficient (Wildman–Crippen LogP) is 5.52. The molecule has 47 heavy (non-hydrogen) atoms. The predicted molar refractivity (Wildman–Crippen MR) is 179 cm³/mol. The molecular formula is C37H40N2O8. The highest BCUT2D eigenvalue weighted by Crippen LogP contribution is 2.31. The number of phenolic OH excluding ortho intramolecular Hbond substituents is 1. The third kappa shape index (κ3) is 8.66. The molecule has 2 aromatic carbocycles. The summed E-state index contributed by atoms with van der Waals surface area (Å²) in [6, 6.07) is 15.8. The first kappa shape index (κ1) is 34.5. The summed E-state index contributed by atoms with van der Waals surface area (Å²) in [6.45, 7) is 7.52. The van der Waals surface area contributed by atoms with Crippen LogP contribution in [0, 0.1) is 27.7 Å². The van der Waals surface area contributed by atoms with Crippen molar-refractivity contribution >= 4 is 11.6 Å². The molecule has 0 bridgehead atoms. The molecule has 10 nitrogen and oxygen atoms in total. The van der Waals surface area contributed by atoms with E-state index in [1.807, 2.05) is 18.4 Å². The number of Topliss-reactive ketones (excluding diaryl/α,β-unsaturated/α-hetero) is 2. The van der Waals surface area contributed by atoms with Gasteiger partial charge in [-0.1, -0.05) is 12.2 Å². The molecule has 0 atom stereocenters. The fourth-order valence-electron chi connectivity index (χ4n) is 5.42. The van der Waals surface area contributed by atoms with Crippen molar-refractivity contribution in [3.05, 3.63) is 127 Å². The monoisotopic (exact) mass is 640 g/mol. The van der Waals surface area contributed by atoms with E-state index in [0.29, 0.717) is 28.4 Å². The van der Waals surface area contributed by atoms with Gasteiger partial charge in [-0.25, -0.2) is 0 Å². The first-order valence-corrected chi connectivity index (χ1v) is 15.2. The average molecular weight is 641 g/mol. The number of ketones is 2.